The zero-order valence-corrected chi connectivity index (χ0v) is 15.9. The van der Waals surface area contributed by atoms with Gasteiger partial charge in [0.15, 0.2) is 12.3 Å². The summed E-state index contributed by atoms with van der Waals surface area (Å²) >= 11 is 0. The summed E-state index contributed by atoms with van der Waals surface area (Å²) in [5.74, 6) is -1.19. The van der Waals surface area contributed by atoms with Gasteiger partial charge in [0, 0.05) is 10.9 Å². The van der Waals surface area contributed by atoms with Crippen LogP contribution >= 0.6 is 0 Å². The number of amides is 1. The molecule has 3 aromatic rings. The maximum atomic E-state index is 12.8. The molecule has 0 unspecified atom stereocenters. The van der Waals surface area contributed by atoms with Gasteiger partial charge < -0.3 is 10.1 Å². The van der Waals surface area contributed by atoms with Crippen LogP contribution in [0.3, 0.4) is 0 Å². The molecule has 1 amide bonds. The van der Waals surface area contributed by atoms with Crippen LogP contribution in [0.5, 0.6) is 0 Å². The summed E-state index contributed by atoms with van der Waals surface area (Å²) < 4.78 is 6.31. The zero-order chi connectivity index (χ0) is 20.3. The largest absolute Gasteiger partial charge is 0.451 e. The van der Waals surface area contributed by atoms with Crippen molar-refractivity contribution in [2.75, 3.05) is 6.61 Å². The smallest absolute Gasteiger partial charge is 0.359 e. The van der Waals surface area contributed by atoms with Gasteiger partial charge in [-0.2, -0.15) is 9.78 Å². The van der Waals surface area contributed by atoms with Crippen molar-refractivity contribution < 1.29 is 14.3 Å². The van der Waals surface area contributed by atoms with Crippen LogP contribution in [-0.2, 0) is 9.53 Å². The minimum absolute atomic E-state index is 0.0254. The predicted octanol–water partition coefficient (Wildman–Crippen LogP) is 2.46. The Morgan fingerprint density at radius 3 is 2.25 bits per heavy atom. The third-order valence-corrected chi connectivity index (χ3v) is 3.85. The first-order valence-electron chi connectivity index (χ1n) is 8.82. The van der Waals surface area contributed by atoms with Crippen molar-refractivity contribution >= 4 is 22.6 Å². The highest BCUT2D eigenvalue weighted by Crippen LogP contribution is 2.16. The highest BCUT2D eigenvalue weighted by Gasteiger charge is 2.21. The second-order valence-corrected chi connectivity index (χ2v) is 7.32. The summed E-state index contributed by atoms with van der Waals surface area (Å²) in [6.07, 6.45) is 0. The van der Waals surface area contributed by atoms with Crippen LogP contribution in [0.2, 0.25) is 0 Å². The Morgan fingerprint density at radius 2 is 1.61 bits per heavy atom. The first-order valence-corrected chi connectivity index (χ1v) is 8.82. The number of benzene rings is 2. The van der Waals surface area contributed by atoms with Crippen LogP contribution in [0.1, 0.15) is 31.3 Å². The average molecular weight is 379 g/mol. The first-order chi connectivity index (χ1) is 13.3. The molecule has 7 heteroatoms. The van der Waals surface area contributed by atoms with Crippen LogP contribution in [0.25, 0.3) is 16.5 Å². The van der Waals surface area contributed by atoms with E-state index in [1.54, 1.807) is 48.5 Å². The number of hydrogen-bond donors (Lipinski definition) is 1. The Morgan fingerprint density at radius 1 is 1.00 bits per heavy atom. The minimum atomic E-state index is -0.773. The fourth-order valence-corrected chi connectivity index (χ4v) is 2.74. The number of carbonyl (C=O) groups is 2. The second kappa shape index (κ2) is 7.64. The Labute approximate surface area is 161 Å². The predicted molar refractivity (Wildman–Crippen MR) is 106 cm³/mol. The molecule has 1 heterocycles. The molecule has 0 aliphatic carbocycles. The Balaban J connectivity index is 1.98. The van der Waals surface area contributed by atoms with Gasteiger partial charge in [0.2, 0.25) is 0 Å². The van der Waals surface area contributed by atoms with Crippen LogP contribution in [0, 0.1) is 0 Å². The van der Waals surface area contributed by atoms with Gasteiger partial charge in [0.1, 0.15) is 0 Å². The summed E-state index contributed by atoms with van der Waals surface area (Å²) in [4.78, 5) is 37.4. The molecule has 0 spiro atoms. The van der Waals surface area contributed by atoms with Gasteiger partial charge in [-0.05, 0) is 39.0 Å². The number of esters is 1. The monoisotopic (exact) mass is 379 g/mol. The molecule has 7 nitrogen and oxygen atoms in total. The molecule has 0 aliphatic rings. The van der Waals surface area contributed by atoms with E-state index in [9.17, 15) is 14.4 Å². The molecule has 1 N–H and O–H groups in total. The third kappa shape index (κ3) is 4.25. The zero-order valence-electron chi connectivity index (χ0n) is 15.9. The van der Waals surface area contributed by atoms with Crippen LogP contribution in [-0.4, -0.2) is 33.8 Å². The van der Waals surface area contributed by atoms with Gasteiger partial charge in [0.25, 0.3) is 11.5 Å². The molecule has 3 rings (SSSR count). The van der Waals surface area contributed by atoms with Crippen LogP contribution < -0.4 is 10.9 Å². The topological polar surface area (TPSA) is 90.3 Å². The van der Waals surface area contributed by atoms with Crippen molar-refractivity contribution in [3.8, 4) is 5.69 Å². The highest BCUT2D eigenvalue weighted by molar-refractivity contribution is 6.02. The maximum Gasteiger partial charge on any atom is 0.359 e. The molecular formula is C21H21N3O4. The molecule has 0 aliphatic heterocycles. The maximum absolute atomic E-state index is 12.8. The minimum Gasteiger partial charge on any atom is -0.451 e. The van der Waals surface area contributed by atoms with Gasteiger partial charge in [0.05, 0.1) is 11.1 Å². The SMILES string of the molecule is CC(C)(C)NC(=O)COC(=O)c1nn(-c2ccccc2)c(=O)c2ccccc12. The molecule has 0 radical (unpaired) electrons. The molecule has 28 heavy (non-hydrogen) atoms. The molecule has 1 aromatic heterocycles. The Hall–Kier alpha value is -3.48. The molecule has 0 saturated heterocycles. The lowest BCUT2D eigenvalue weighted by atomic mass is 10.1. The number of rotatable bonds is 4. The standard InChI is InChI=1S/C21H21N3O4/c1-21(2,3)22-17(25)13-28-20(27)18-15-11-7-8-12-16(15)19(26)24(23-18)14-9-5-4-6-10-14/h4-12H,13H2,1-3H3,(H,22,25). The van der Waals surface area contributed by atoms with Crippen molar-refractivity contribution in [1.82, 2.24) is 15.1 Å². The van der Waals surface area contributed by atoms with Crippen molar-refractivity contribution in [3.05, 3.63) is 70.6 Å². The fraction of sp³-hybridized carbons (Fsp3) is 0.238. The number of aromatic nitrogens is 2. The van der Waals surface area contributed by atoms with Gasteiger partial charge in [-0.3, -0.25) is 9.59 Å². The van der Waals surface area contributed by atoms with Crippen molar-refractivity contribution in [1.29, 1.82) is 0 Å². The molecule has 0 bridgehead atoms. The van der Waals surface area contributed by atoms with E-state index in [4.69, 9.17) is 4.74 Å². The van der Waals surface area contributed by atoms with E-state index in [-0.39, 0.29) is 11.3 Å². The summed E-state index contributed by atoms with van der Waals surface area (Å²) in [5, 5.41) is 7.65. The quantitative estimate of drug-likeness (QED) is 0.703. The fourth-order valence-electron chi connectivity index (χ4n) is 2.74. The molecule has 0 atom stereocenters. The lowest BCUT2D eigenvalue weighted by Crippen LogP contribution is -2.42. The first kappa shape index (κ1) is 19.3. The highest BCUT2D eigenvalue weighted by atomic mass is 16.5. The summed E-state index contributed by atoms with van der Waals surface area (Å²) in [5.41, 5.74) is -0.279. The van der Waals surface area contributed by atoms with Gasteiger partial charge in [-0.25, -0.2) is 4.79 Å². The second-order valence-electron chi connectivity index (χ2n) is 7.32. The van der Waals surface area contributed by atoms with Crippen LogP contribution in [0.15, 0.2) is 59.4 Å². The normalized spacial score (nSPS) is 11.2. The lowest BCUT2D eigenvalue weighted by Gasteiger charge is -2.20. The van der Waals surface area contributed by atoms with E-state index < -0.39 is 24.0 Å². The van der Waals surface area contributed by atoms with Crippen molar-refractivity contribution in [2.24, 2.45) is 0 Å². The average Bonchev–Trinajstić information content (AvgIpc) is 2.66. The Kier molecular flexibility index (Phi) is 5.26. The molecule has 0 fully saturated rings. The van der Waals surface area contributed by atoms with Gasteiger partial charge >= 0.3 is 5.97 Å². The number of para-hydroxylation sites is 1. The van der Waals surface area contributed by atoms with E-state index in [0.29, 0.717) is 16.5 Å². The number of hydrogen-bond acceptors (Lipinski definition) is 5. The van der Waals surface area contributed by atoms with E-state index in [1.165, 1.54) is 0 Å². The molecule has 144 valence electrons. The van der Waals surface area contributed by atoms with E-state index >= 15 is 0 Å². The molecule has 0 saturated carbocycles. The van der Waals surface area contributed by atoms with Gasteiger partial charge in [-0.1, -0.05) is 36.4 Å². The van der Waals surface area contributed by atoms with E-state index in [0.717, 1.165) is 4.68 Å². The number of nitrogens with one attached hydrogen (secondary N) is 1. The summed E-state index contributed by atoms with van der Waals surface area (Å²) in [6, 6.07) is 15.5. The number of nitrogens with zero attached hydrogens (tertiary/aromatic N) is 2. The number of ether oxygens (including phenoxy) is 1. The molecular weight excluding hydrogens is 358 g/mol. The van der Waals surface area contributed by atoms with Crippen molar-refractivity contribution in [2.45, 2.75) is 26.3 Å². The van der Waals surface area contributed by atoms with E-state index in [2.05, 4.69) is 10.4 Å². The number of fused-ring (bicyclic) bond motifs is 1. The summed E-state index contributed by atoms with van der Waals surface area (Å²) in [6.45, 7) is 5.06. The third-order valence-electron chi connectivity index (χ3n) is 3.85. The van der Waals surface area contributed by atoms with Gasteiger partial charge in [-0.15, -0.1) is 0 Å². The number of carbonyl (C=O) groups excluding carboxylic acids is 2. The Bertz CT molecular complexity index is 1080. The van der Waals surface area contributed by atoms with Crippen LogP contribution in [0.4, 0.5) is 0 Å². The lowest BCUT2D eigenvalue weighted by molar-refractivity contribution is -0.125. The summed E-state index contributed by atoms with van der Waals surface area (Å²) in [7, 11) is 0. The molecule has 2 aromatic carbocycles. The van der Waals surface area contributed by atoms with Crippen molar-refractivity contribution in [3.63, 3.8) is 0 Å². The van der Waals surface area contributed by atoms with E-state index in [1.807, 2.05) is 26.8 Å².